The standard InChI is InChI=1S/C26H21NO.C21H21O4P.C21H21O2P.C20H17NO.C18H15NO.C18H15OP/c28-25(27-24-19-11-4-12-20-24)26(21-13-5-1-6-14-21,22-15-7-2-8-16-22)23-17-9-3-10-18-23;1-23-16-4-10-19(11-5-16)26(22,20-12-6-17(24-2)7-13-20)21-14-8-18(25-3)9-15-21;1-16-4-10-19(11-5-16)24(22,20-12-6-17(2)7-13-20)21-14-8-18(23-3)9-15-21;21-19(22)20(16-10-4-1-5-11-16,17-12-6-2-7-13-17)18-14-8-3-9-15-18;20-18(15-7-3-1-4-8-15,16-9-5-2-6-10-16)17-11-13-19-14-12-17;19-20(16-10-4-1-5-11-16,17-12-6-2-7-13-17)18-14-8-3-9-15-18/h1-20H,(H,27,28);4-15H,1-3H3;4-15H,1-3H3;1-15H,(H2,21,22);1-14,20H;1-15H. The average Bonchev–Trinajstić information content (AvgIpc) is 0.734. The van der Waals surface area contributed by atoms with Gasteiger partial charge < -0.3 is 48.8 Å². The second-order valence-corrected chi connectivity index (χ2v) is 41.2. The number of nitrogens with zero attached hydrogens (tertiary/aromatic N) is 1. The van der Waals surface area contributed by atoms with E-state index in [9.17, 15) is 28.4 Å². The Balaban J connectivity index is 0.000000134. The Morgan fingerprint density at radius 3 is 0.636 bits per heavy atom. The van der Waals surface area contributed by atoms with Crippen molar-refractivity contribution in [3.05, 3.63) is 595 Å². The summed E-state index contributed by atoms with van der Waals surface area (Å²) >= 11 is 0. The first-order chi connectivity index (χ1) is 68.4. The minimum absolute atomic E-state index is 0.0812. The van der Waals surface area contributed by atoms with Crippen molar-refractivity contribution in [1.82, 2.24) is 4.98 Å². The highest BCUT2D eigenvalue weighted by Crippen LogP contribution is 2.48. The summed E-state index contributed by atoms with van der Waals surface area (Å²) < 4.78 is 63.2. The van der Waals surface area contributed by atoms with Crippen LogP contribution in [-0.4, -0.2) is 50.3 Å². The van der Waals surface area contributed by atoms with E-state index in [4.69, 9.17) is 24.7 Å². The van der Waals surface area contributed by atoms with Gasteiger partial charge in [0.25, 0.3) is 0 Å². The van der Waals surface area contributed by atoms with Gasteiger partial charge in [-0.2, -0.15) is 0 Å². The quantitative estimate of drug-likeness (QED) is 0.0364. The third kappa shape index (κ3) is 22.7. The van der Waals surface area contributed by atoms with E-state index in [2.05, 4.69) is 10.3 Å². The Kier molecular flexibility index (Phi) is 34.3. The smallest absolute Gasteiger partial charge is 0.244 e. The lowest BCUT2D eigenvalue weighted by Gasteiger charge is -2.34. The molecule has 0 saturated heterocycles. The van der Waals surface area contributed by atoms with E-state index in [1.807, 2.05) is 536 Å². The predicted molar refractivity (Wildman–Crippen MR) is 575 cm³/mol. The van der Waals surface area contributed by atoms with Gasteiger partial charge in [-0.3, -0.25) is 14.6 Å². The SMILES string of the molecule is COc1ccc(P(=O)(c2ccc(C)cc2)c2ccc(C)cc2)cc1.COc1ccc(P(=O)(c2ccc(OC)cc2)c2ccc(OC)cc2)cc1.NC(=O)C(c1ccccc1)(c1ccccc1)c1ccccc1.O=C(Nc1ccccc1)C(c1ccccc1)(c1ccccc1)c1ccccc1.O=P(c1ccccc1)(c1ccccc1)c1ccccc1.OC(c1ccccc1)(c1ccccc1)c1ccncc1. The van der Waals surface area contributed by atoms with Crippen LogP contribution in [0.15, 0.2) is 534 Å². The number of carbonyl (C=O) groups excluding carboxylic acids is 2. The number of hydrogen-bond donors (Lipinski definition) is 3. The van der Waals surface area contributed by atoms with E-state index in [1.165, 1.54) is 0 Å². The molecule has 19 rings (SSSR count). The van der Waals surface area contributed by atoms with Crippen molar-refractivity contribution in [2.24, 2.45) is 5.73 Å². The van der Waals surface area contributed by atoms with Gasteiger partial charge in [0.15, 0.2) is 21.4 Å². The number of carbonyl (C=O) groups is 2. The first-order valence-electron chi connectivity index (χ1n) is 45.8. The van der Waals surface area contributed by atoms with Gasteiger partial charge in [0, 0.05) is 65.8 Å². The van der Waals surface area contributed by atoms with Crippen LogP contribution in [0.5, 0.6) is 23.0 Å². The predicted octanol–water partition coefficient (Wildman–Crippen LogP) is 23.2. The summed E-state index contributed by atoms with van der Waals surface area (Å²) in [6, 6.07) is 166. The van der Waals surface area contributed by atoms with Crippen LogP contribution in [0, 0.1) is 13.8 Å². The molecule has 0 spiro atoms. The molecular formula is C124H110N3O10P3. The number of amides is 2. The minimum Gasteiger partial charge on any atom is -0.497 e. The molecule has 0 aliphatic rings. The fourth-order valence-corrected chi connectivity index (χ4v) is 25.0. The highest BCUT2D eigenvalue weighted by atomic mass is 31.2. The van der Waals surface area contributed by atoms with Gasteiger partial charge in [-0.1, -0.05) is 412 Å². The van der Waals surface area contributed by atoms with Crippen molar-refractivity contribution in [2.75, 3.05) is 33.8 Å². The van der Waals surface area contributed by atoms with Gasteiger partial charge in [-0.25, -0.2) is 0 Å². The summed E-state index contributed by atoms with van der Waals surface area (Å²) in [6.07, 6.45) is 3.40. The van der Waals surface area contributed by atoms with Gasteiger partial charge >= 0.3 is 0 Å². The van der Waals surface area contributed by atoms with E-state index in [-0.39, 0.29) is 11.8 Å². The van der Waals surface area contributed by atoms with Crippen molar-refractivity contribution in [3.8, 4) is 23.0 Å². The first-order valence-corrected chi connectivity index (χ1v) is 50.9. The van der Waals surface area contributed by atoms with Crippen LogP contribution in [0.1, 0.15) is 61.2 Å². The molecule has 0 radical (unpaired) electrons. The number of benzene rings is 18. The summed E-state index contributed by atoms with van der Waals surface area (Å²) in [5, 5.41) is 21.9. The van der Waals surface area contributed by atoms with Gasteiger partial charge in [-0.05, 0) is 185 Å². The summed E-state index contributed by atoms with van der Waals surface area (Å²) in [4.78, 5) is 30.6. The maximum atomic E-state index is 14.3. The number of anilines is 1. The third-order valence-electron chi connectivity index (χ3n) is 24.4. The second kappa shape index (κ2) is 48.1. The maximum Gasteiger partial charge on any atom is 0.244 e. The summed E-state index contributed by atoms with van der Waals surface area (Å²) in [5.41, 5.74) is 13.8. The number of aliphatic hydroxyl groups is 1. The largest absolute Gasteiger partial charge is 0.497 e. The molecule has 19 aromatic rings. The number of hydrogen-bond acceptors (Lipinski definition) is 11. The minimum atomic E-state index is -3.03. The number of aryl methyl sites for hydroxylation is 2. The number of para-hydroxylation sites is 1. The molecular weight excluding hydrogens is 1780 g/mol. The number of rotatable bonds is 25. The fourth-order valence-electron chi connectivity index (χ4n) is 17.1. The lowest BCUT2D eigenvalue weighted by atomic mass is 9.68. The average molecular weight is 1900 g/mol. The van der Waals surface area contributed by atoms with Crippen LogP contribution in [0.25, 0.3) is 0 Å². The Labute approximate surface area is 821 Å². The molecule has 16 heteroatoms. The molecule has 4 N–H and O–H groups in total. The molecule has 696 valence electrons. The molecule has 1 aromatic heterocycles. The van der Waals surface area contributed by atoms with Crippen molar-refractivity contribution in [1.29, 1.82) is 0 Å². The molecule has 140 heavy (non-hydrogen) atoms. The molecule has 0 atom stereocenters. The molecule has 0 aliphatic carbocycles. The zero-order valence-electron chi connectivity index (χ0n) is 78.8. The zero-order chi connectivity index (χ0) is 98.1. The monoisotopic (exact) mass is 1890 g/mol. The van der Waals surface area contributed by atoms with E-state index >= 15 is 0 Å². The van der Waals surface area contributed by atoms with Crippen molar-refractivity contribution >= 4 is 86.7 Å². The van der Waals surface area contributed by atoms with Crippen LogP contribution in [-0.2, 0) is 39.7 Å². The summed E-state index contributed by atoms with van der Waals surface area (Å²) in [5.74, 6) is 2.48. The first kappa shape index (κ1) is 99.9. The highest BCUT2D eigenvalue weighted by Gasteiger charge is 2.45. The van der Waals surface area contributed by atoms with Crippen LogP contribution in [0.2, 0.25) is 0 Å². The highest BCUT2D eigenvalue weighted by molar-refractivity contribution is 7.86. The van der Waals surface area contributed by atoms with E-state index in [0.29, 0.717) is 0 Å². The molecule has 0 fully saturated rings. The molecule has 18 aromatic carbocycles. The number of nitrogens with one attached hydrogen (secondary N) is 1. The van der Waals surface area contributed by atoms with Crippen LogP contribution >= 0.6 is 21.4 Å². The van der Waals surface area contributed by atoms with E-state index < -0.39 is 37.9 Å². The Hall–Kier alpha value is -16.1. The molecule has 0 aliphatic heterocycles. The fraction of sp³-hybridized carbons (Fsp3) is 0.0726. The van der Waals surface area contributed by atoms with Crippen LogP contribution in [0.3, 0.4) is 0 Å². The van der Waals surface area contributed by atoms with Crippen LogP contribution < -0.4 is 77.7 Å². The van der Waals surface area contributed by atoms with Crippen molar-refractivity contribution in [2.45, 2.75) is 30.3 Å². The number of primary amides is 1. The molecule has 2 amide bonds. The topological polar surface area (TPSA) is 193 Å². The number of methoxy groups -OCH3 is 4. The summed E-state index contributed by atoms with van der Waals surface area (Å²) in [6.45, 7) is 4.07. The van der Waals surface area contributed by atoms with Gasteiger partial charge in [0.2, 0.25) is 11.8 Å². The Morgan fingerprint density at radius 1 is 0.243 bits per heavy atom. The van der Waals surface area contributed by atoms with Crippen molar-refractivity contribution in [3.63, 3.8) is 0 Å². The number of ether oxygens (including phenoxy) is 4. The third-order valence-corrected chi connectivity index (χ3v) is 33.6. The second-order valence-electron chi connectivity index (χ2n) is 32.9. The molecule has 13 nitrogen and oxygen atoms in total. The Bertz CT molecular complexity index is 6640. The number of nitrogens with two attached hydrogens (primary N) is 1. The van der Waals surface area contributed by atoms with Crippen LogP contribution in [0.4, 0.5) is 5.69 Å². The van der Waals surface area contributed by atoms with E-state index in [1.54, 1.807) is 40.8 Å². The number of aromatic nitrogens is 1. The normalized spacial score (nSPS) is 11.1. The maximum absolute atomic E-state index is 14.3. The van der Waals surface area contributed by atoms with Crippen molar-refractivity contribution < 1.29 is 47.3 Å². The van der Waals surface area contributed by atoms with E-state index in [0.717, 1.165) is 138 Å². The molecule has 0 unspecified atom stereocenters. The van der Waals surface area contributed by atoms with Gasteiger partial charge in [0.1, 0.15) is 39.4 Å². The number of pyridine rings is 1. The summed E-state index contributed by atoms with van der Waals surface area (Å²) in [7, 11) is -2.24. The van der Waals surface area contributed by atoms with Gasteiger partial charge in [-0.15, -0.1) is 0 Å². The lowest BCUT2D eigenvalue weighted by molar-refractivity contribution is -0.121. The van der Waals surface area contributed by atoms with Gasteiger partial charge in [0.05, 0.1) is 28.4 Å². The lowest BCUT2D eigenvalue weighted by Crippen LogP contribution is -2.43. The molecule has 1 heterocycles. The molecule has 0 saturated carbocycles. The Morgan fingerprint density at radius 2 is 0.421 bits per heavy atom. The zero-order valence-corrected chi connectivity index (χ0v) is 81.5. The molecule has 0 bridgehead atoms.